The molecule has 21 heavy (non-hydrogen) atoms. The molecule has 1 aromatic rings. The van der Waals surface area contributed by atoms with Gasteiger partial charge in [-0.1, -0.05) is 18.9 Å². The molecular formula is C15H19FN2O3. The van der Waals surface area contributed by atoms with E-state index in [9.17, 15) is 14.5 Å². The molecule has 2 atom stereocenters. The molecule has 0 heterocycles. The Morgan fingerprint density at radius 3 is 2.76 bits per heavy atom. The van der Waals surface area contributed by atoms with Crippen LogP contribution in [0.4, 0.5) is 10.1 Å². The molecule has 1 spiro atoms. The fourth-order valence-corrected chi connectivity index (χ4v) is 3.92. The zero-order chi connectivity index (χ0) is 15.0. The van der Waals surface area contributed by atoms with E-state index in [4.69, 9.17) is 4.74 Å². The summed E-state index contributed by atoms with van der Waals surface area (Å²) in [5.41, 5.74) is -0.290. The number of nitrogens with one attached hydrogen (secondary N) is 1. The lowest BCUT2D eigenvalue weighted by Gasteiger charge is -2.53. The van der Waals surface area contributed by atoms with E-state index in [0.29, 0.717) is 6.04 Å². The van der Waals surface area contributed by atoms with Crippen molar-refractivity contribution in [3.63, 3.8) is 0 Å². The number of nitro groups is 1. The highest BCUT2D eigenvalue weighted by atomic mass is 19.1. The van der Waals surface area contributed by atoms with Crippen molar-refractivity contribution in [2.24, 2.45) is 5.41 Å². The van der Waals surface area contributed by atoms with Crippen LogP contribution in [0.5, 0.6) is 5.75 Å². The van der Waals surface area contributed by atoms with Crippen LogP contribution >= 0.6 is 0 Å². The predicted molar refractivity (Wildman–Crippen MR) is 75.8 cm³/mol. The van der Waals surface area contributed by atoms with Crippen LogP contribution < -0.4 is 10.1 Å². The van der Waals surface area contributed by atoms with Gasteiger partial charge in [0.25, 0.3) is 0 Å². The van der Waals surface area contributed by atoms with E-state index < -0.39 is 10.7 Å². The van der Waals surface area contributed by atoms with Gasteiger partial charge >= 0.3 is 5.69 Å². The topological polar surface area (TPSA) is 64.4 Å². The summed E-state index contributed by atoms with van der Waals surface area (Å²) in [6.45, 7) is 0. The first-order valence-electron chi connectivity index (χ1n) is 7.35. The van der Waals surface area contributed by atoms with Crippen LogP contribution in [0.3, 0.4) is 0 Å². The highest BCUT2D eigenvalue weighted by Crippen LogP contribution is 2.55. The van der Waals surface area contributed by atoms with Crippen LogP contribution in [0.25, 0.3) is 0 Å². The number of nitrogens with zero attached hydrogens (tertiary/aromatic N) is 1. The molecule has 6 heteroatoms. The van der Waals surface area contributed by atoms with E-state index in [-0.39, 0.29) is 23.0 Å². The predicted octanol–water partition coefficient (Wildman–Crippen LogP) is 3.03. The van der Waals surface area contributed by atoms with Gasteiger partial charge in [-0.25, -0.2) is 4.39 Å². The zero-order valence-electron chi connectivity index (χ0n) is 12.0. The Morgan fingerprint density at radius 1 is 1.43 bits per heavy atom. The second-order valence-corrected chi connectivity index (χ2v) is 5.97. The molecular weight excluding hydrogens is 275 g/mol. The van der Waals surface area contributed by atoms with Crippen molar-refractivity contribution in [3.05, 3.63) is 34.1 Å². The lowest BCUT2D eigenvalue weighted by molar-refractivity contribution is -0.386. The van der Waals surface area contributed by atoms with Crippen LogP contribution in [0.15, 0.2) is 18.2 Å². The van der Waals surface area contributed by atoms with Crippen LogP contribution in [-0.2, 0) is 0 Å². The van der Waals surface area contributed by atoms with Gasteiger partial charge in [-0.2, -0.15) is 0 Å². The Morgan fingerprint density at radius 2 is 2.14 bits per heavy atom. The molecule has 2 unspecified atom stereocenters. The van der Waals surface area contributed by atoms with Crippen LogP contribution in [-0.4, -0.2) is 24.1 Å². The molecule has 0 saturated heterocycles. The maximum atomic E-state index is 13.9. The van der Waals surface area contributed by atoms with Crippen LogP contribution in [0.1, 0.15) is 32.1 Å². The molecule has 2 fully saturated rings. The third kappa shape index (κ3) is 2.18. The first-order chi connectivity index (χ1) is 10.1. The molecule has 0 amide bonds. The van der Waals surface area contributed by atoms with Gasteiger partial charge < -0.3 is 10.1 Å². The third-order valence-corrected chi connectivity index (χ3v) is 5.07. The summed E-state index contributed by atoms with van der Waals surface area (Å²) in [4.78, 5) is 10.5. The lowest BCUT2D eigenvalue weighted by atomic mass is 9.60. The molecule has 2 saturated carbocycles. The third-order valence-electron chi connectivity index (χ3n) is 5.07. The SMILES string of the molecule is CNC1CC(Oc2c(F)cccc2[N+](=O)[O-])C12CCCC2. The van der Waals surface area contributed by atoms with Gasteiger partial charge in [0.15, 0.2) is 5.82 Å². The second-order valence-electron chi connectivity index (χ2n) is 5.97. The highest BCUT2D eigenvalue weighted by Gasteiger charge is 2.57. The molecule has 1 aromatic carbocycles. The quantitative estimate of drug-likeness (QED) is 0.685. The van der Waals surface area contributed by atoms with Gasteiger partial charge in [0.2, 0.25) is 5.75 Å². The van der Waals surface area contributed by atoms with Gasteiger partial charge in [-0.15, -0.1) is 0 Å². The van der Waals surface area contributed by atoms with Gasteiger partial charge in [0.1, 0.15) is 6.10 Å². The largest absolute Gasteiger partial charge is 0.481 e. The second kappa shape index (κ2) is 5.26. The van der Waals surface area contributed by atoms with Crippen molar-refractivity contribution in [2.45, 2.75) is 44.2 Å². The van der Waals surface area contributed by atoms with E-state index in [1.165, 1.54) is 18.2 Å². The van der Waals surface area contributed by atoms with Crippen molar-refractivity contribution in [1.82, 2.24) is 5.32 Å². The number of nitro benzene ring substituents is 1. The van der Waals surface area contributed by atoms with E-state index in [1.54, 1.807) is 0 Å². The highest BCUT2D eigenvalue weighted by molar-refractivity contribution is 5.47. The first kappa shape index (κ1) is 14.3. The number of rotatable bonds is 4. The average molecular weight is 294 g/mol. The fourth-order valence-electron chi connectivity index (χ4n) is 3.92. The van der Waals surface area contributed by atoms with Crippen molar-refractivity contribution >= 4 is 5.69 Å². The first-order valence-corrected chi connectivity index (χ1v) is 7.35. The summed E-state index contributed by atoms with van der Waals surface area (Å²) in [5.74, 6) is -0.876. The number of halogens is 1. The summed E-state index contributed by atoms with van der Waals surface area (Å²) in [5, 5.41) is 14.3. The minimum absolute atomic E-state index is 0.00486. The molecule has 5 nitrogen and oxygen atoms in total. The van der Waals surface area contributed by atoms with E-state index >= 15 is 0 Å². The van der Waals surface area contributed by atoms with Crippen LogP contribution in [0.2, 0.25) is 0 Å². The molecule has 2 aliphatic rings. The Labute approximate surface area is 122 Å². The molecule has 1 N–H and O–H groups in total. The van der Waals surface area contributed by atoms with Gasteiger partial charge in [0.05, 0.1) is 4.92 Å². The summed E-state index contributed by atoms with van der Waals surface area (Å²) in [6.07, 6.45) is 4.96. The average Bonchev–Trinajstić information content (AvgIpc) is 2.96. The summed E-state index contributed by atoms with van der Waals surface area (Å²) in [6, 6.07) is 4.19. The molecule has 2 aliphatic carbocycles. The minimum Gasteiger partial charge on any atom is -0.481 e. The van der Waals surface area contributed by atoms with Crippen molar-refractivity contribution in [1.29, 1.82) is 0 Å². The van der Waals surface area contributed by atoms with Crippen LogP contribution in [0, 0.1) is 21.3 Å². The van der Waals surface area contributed by atoms with E-state index in [2.05, 4.69) is 5.32 Å². The fraction of sp³-hybridized carbons (Fsp3) is 0.600. The molecule has 0 aromatic heterocycles. The molecule has 0 radical (unpaired) electrons. The summed E-state index contributed by atoms with van der Waals surface area (Å²) in [7, 11) is 1.92. The molecule has 114 valence electrons. The van der Waals surface area contributed by atoms with E-state index in [0.717, 1.165) is 32.1 Å². The van der Waals surface area contributed by atoms with Crippen molar-refractivity contribution < 1.29 is 14.1 Å². The molecule has 0 aliphatic heterocycles. The maximum absolute atomic E-state index is 13.9. The number of para-hydroxylation sites is 1. The molecule has 3 rings (SSSR count). The van der Waals surface area contributed by atoms with Gasteiger partial charge in [-0.05, 0) is 26.0 Å². The van der Waals surface area contributed by atoms with Crippen molar-refractivity contribution in [2.75, 3.05) is 7.05 Å². The minimum atomic E-state index is -0.662. The zero-order valence-corrected chi connectivity index (χ0v) is 12.0. The number of ether oxygens (including phenoxy) is 1. The molecule has 0 bridgehead atoms. The Kier molecular flexibility index (Phi) is 3.57. The van der Waals surface area contributed by atoms with Crippen molar-refractivity contribution in [3.8, 4) is 5.75 Å². The number of hydrogen-bond acceptors (Lipinski definition) is 4. The Bertz CT molecular complexity index is 558. The van der Waals surface area contributed by atoms with Gasteiger partial charge in [0, 0.05) is 23.9 Å². The van der Waals surface area contributed by atoms with E-state index in [1.807, 2.05) is 7.05 Å². The Hall–Kier alpha value is -1.69. The number of benzene rings is 1. The standard InChI is InChI=1S/C15H19FN2O3/c1-17-12-9-13(15(12)7-2-3-8-15)21-14-10(16)5-4-6-11(14)18(19)20/h4-6,12-13,17H,2-3,7-9H2,1H3. The number of hydrogen-bond donors (Lipinski definition) is 1. The normalized spacial score (nSPS) is 26.6. The maximum Gasteiger partial charge on any atom is 0.314 e. The summed E-state index contributed by atoms with van der Waals surface area (Å²) >= 11 is 0. The Balaban J connectivity index is 1.86. The van der Waals surface area contributed by atoms with Gasteiger partial charge in [-0.3, -0.25) is 10.1 Å². The lowest BCUT2D eigenvalue weighted by Crippen LogP contribution is -2.63. The smallest absolute Gasteiger partial charge is 0.314 e. The monoisotopic (exact) mass is 294 g/mol. The summed E-state index contributed by atoms with van der Waals surface area (Å²) < 4.78 is 19.7.